The van der Waals surface area contributed by atoms with Crippen LogP contribution in [0.2, 0.25) is 5.02 Å². The quantitative estimate of drug-likeness (QED) is 0.819. The zero-order valence-corrected chi connectivity index (χ0v) is 15.2. The van der Waals surface area contributed by atoms with Crippen molar-refractivity contribution in [3.05, 3.63) is 45.7 Å². The fraction of sp³-hybridized carbons (Fsp3) is 0.353. The number of rotatable bonds is 4. The monoisotopic (exact) mass is 400 g/mol. The number of nitrogens with zero attached hydrogens (tertiary/aromatic N) is 2. The Kier molecular flexibility index (Phi) is 4.90. The highest BCUT2D eigenvalue weighted by atomic mass is 35.5. The summed E-state index contributed by atoms with van der Waals surface area (Å²) in [4.78, 5) is 24.8. The number of anilines is 1. The van der Waals surface area contributed by atoms with Crippen LogP contribution in [0.3, 0.4) is 0 Å². The highest BCUT2D eigenvalue weighted by Crippen LogP contribution is 2.38. The van der Waals surface area contributed by atoms with Crippen molar-refractivity contribution in [3.63, 3.8) is 0 Å². The average molecular weight is 401 g/mol. The van der Waals surface area contributed by atoms with Gasteiger partial charge in [0.2, 0.25) is 0 Å². The minimum Gasteiger partial charge on any atom is -0.355 e. The molecule has 144 valence electrons. The molecule has 1 saturated carbocycles. The second-order valence-corrected chi connectivity index (χ2v) is 6.70. The first-order valence-electron chi connectivity index (χ1n) is 8.12. The van der Waals surface area contributed by atoms with Gasteiger partial charge in [0, 0.05) is 18.1 Å². The van der Waals surface area contributed by atoms with Gasteiger partial charge in [-0.2, -0.15) is 18.3 Å². The molecule has 0 aliphatic heterocycles. The minimum absolute atomic E-state index is 0.115. The molecule has 1 aliphatic rings. The number of nitrogens with one attached hydrogen (secondary N) is 2. The number of amides is 2. The smallest absolute Gasteiger partial charge is 0.355 e. The summed E-state index contributed by atoms with van der Waals surface area (Å²) in [5.74, 6) is -1.26. The van der Waals surface area contributed by atoms with Gasteiger partial charge in [0.15, 0.2) is 5.69 Å². The third kappa shape index (κ3) is 3.92. The van der Waals surface area contributed by atoms with Crippen LogP contribution in [0.5, 0.6) is 0 Å². The molecule has 10 heteroatoms. The van der Waals surface area contributed by atoms with Crippen molar-refractivity contribution in [2.24, 2.45) is 0 Å². The lowest BCUT2D eigenvalue weighted by molar-refractivity contribution is -0.141. The Morgan fingerprint density at radius 2 is 1.89 bits per heavy atom. The maximum Gasteiger partial charge on any atom is 0.435 e. The topological polar surface area (TPSA) is 76.0 Å². The fourth-order valence-electron chi connectivity index (χ4n) is 2.70. The van der Waals surface area contributed by atoms with Crippen molar-refractivity contribution in [1.82, 2.24) is 15.1 Å². The molecule has 0 radical (unpaired) electrons. The van der Waals surface area contributed by atoms with Crippen molar-refractivity contribution in [1.29, 1.82) is 0 Å². The number of aromatic nitrogens is 2. The molecule has 0 atom stereocenters. The van der Waals surface area contributed by atoms with E-state index in [2.05, 4.69) is 15.7 Å². The van der Waals surface area contributed by atoms with E-state index in [0.29, 0.717) is 23.4 Å². The third-order valence-electron chi connectivity index (χ3n) is 4.16. The van der Waals surface area contributed by atoms with Crippen molar-refractivity contribution in [2.45, 2.75) is 32.0 Å². The van der Waals surface area contributed by atoms with Gasteiger partial charge in [-0.15, -0.1) is 0 Å². The molecule has 1 fully saturated rings. The van der Waals surface area contributed by atoms with Gasteiger partial charge in [0.25, 0.3) is 11.8 Å². The Balaban J connectivity index is 1.99. The number of halogens is 4. The van der Waals surface area contributed by atoms with Gasteiger partial charge in [0.05, 0.1) is 17.3 Å². The molecule has 0 saturated heterocycles. The SMILES string of the molecule is CNC(=O)c1cc(Cl)cc(C)c1NC(=O)c1cc(C(F)(F)F)nn1C1CC1. The summed E-state index contributed by atoms with van der Waals surface area (Å²) >= 11 is 5.97. The van der Waals surface area contributed by atoms with E-state index in [1.807, 2.05) is 0 Å². The molecule has 2 amide bonds. The molecule has 1 heterocycles. The molecule has 0 unspecified atom stereocenters. The summed E-state index contributed by atoms with van der Waals surface area (Å²) in [6, 6.07) is 3.41. The minimum atomic E-state index is -4.65. The lowest BCUT2D eigenvalue weighted by Crippen LogP contribution is -2.23. The summed E-state index contributed by atoms with van der Waals surface area (Å²) in [6.07, 6.45) is -3.34. The van der Waals surface area contributed by atoms with E-state index in [-0.39, 0.29) is 23.0 Å². The van der Waals surface area contributed by atoms with Crippen LogP contribution in [0.4, 0.5) is 18.9 Å². The predicted molar refractivity (Wildman–Crippen MR) is 93.0 cm³/mol. The number of carbonyl (C=O) groups is 2. The maximum absolute atomic E-state index is 13.0. The van der Waals surface area contributed by atoms with Crippen molar-refractivity contribution >= 4 is 29.1 Å². The molecule has 1 aromatic heterocycles. The number of hydrogen-bond donors (Lipinski definition) is 2. The number of benzene rings is 1. The van der Waals surface area contributed by atoms with Gasteiger partial charge in [0.1, 0.15) is 5.69 Å². The van der Waals surface area contributed by atoms with E-state index in [1.54, 1.807) is 13.0 Å². The van der Waals surface area contributed by atoms with Crippen molar-refractivity contribution in [3.8, 4) is 0 Å². The first-order chi connectivity index (χ1) is 12.6. The standard InChI is InChI=1S/C17H16ClF3N4O2/c1-8-5-9(18)6-11(15(26)22-2)14(8)23-16(27)12-7-13(17(19,20)21)24-25(12)10-3-4-10/h5-7,10H,3-4H2,1-2H3,(H,22,26)(H,23,27). The van der Waals surface area contributed by atoms with Crippen LogP contribution in [0, 0.1) is 6.92 Å². The Bertz CT molecular complexity index is 920. The number of aryl methyl sites for hydroxylation is 1. The summed E-state index contributed by atoms with van der Waals surface area (Å²) in [5.41, 5.74) is -0.533. The normalized spacial score (nSPS) is 14.1. The van der Waals surface area contributed by atoms with Crippen LogP contribution in [-0.4, -0.2) is 28.6 Å². The third-order valence-corrected chi connectivity index (χ3v) is 4.38. The molecule has 1 aliphatic carbocycles. The second-order valence-electron chi connectivity index (χ2n) is 6.27. The molecule has 1 aromatic carbocycles. The summed E-state index contributed by atoms with van der Waals surface area (Å²) in [7, 11) is 1.42. The van der Waals surface area contributed by atoms with Gasteiger partial charge in [-0.25, -0.2) is 0 Å². The molecule has 0 spiro atoms. The van der Waals surface area contributed by atoms with E-state index in [0.717, 1.165) is 10.7 Å². The van der Waals surface area contributed by atoms with Crippen molar-refractivity contribution in [2.75, 3.05) is 12.4 Å². The molecule has 27 heavy (non-hydrogen) atoms. The largest absolute Gasteiger partial charge is 0.435 e. The zero-order valence-electron chi connectivity index (χ0n) is 14.4. The molecular formula is C17H16ClF3N4O2. The van der Waals surface area contributed by atoms with Crippen molar-refractivity contribution < 1.29 is 22.8 Å². The van der Waals surface area contributed by atoms with Crippen LogP contribution < -0.4 is 10.6 Å². The van der Waals surface area contributed by atoms with Crippen LogP contribution in [0.15, 0.2) is 18.2 Å². The summed E-state index contributed by atoms with van der Waals surface area (Å²) in [6.45, 7) is 1.63. The molecular weight excluding hydrogens is 385 g/mol. The van der Waals surface area contributed by atoms with E-state index in [9.17, 15) is 22.8 Å². The van der Waals surface area contributed by atoms with Gasteiger partial charge in [-0.1, -0.05) is 11.6 Å². The van der Waals surface area contributed by atoms with E-state index >= 15 is 0 Å². The summed E-state index contributed by atoms with van der Waals surface area (Å²) < 4.78 is 40.1. The van der Waals surface area contributed by atoms with Gasteiger partial charge < -0.3 is 10.6 Å². The Hall–Kier alpha value is -2.55. The molecule has 6 nitrogen and oxygen atoms in total. The molecule has 2 N–H and O–H groups in total. The lowest BCUT2D eigenvalue weighted by Gasteiger charge is -2.14. The molecule has 3 rings (SSSR count). The van der Waals surface area contributed by atoms with Crippen LogP contribution in [0.1, 0.15) is 51.0 Å². The number of hydrogen-bond acceptors (Lipinski definition) is 3. The Labute approximate surface area is 157 Å². The highest BCUT2D eigenvalue weighted by Gasteiger charge is 2.38. The molecule has 0 bridgehead atoms. The first kappa shape index (κ1) is 19.2. The second kappa shape index (κ2) is 6.88. The maximum atomic E-state index is 13.0. The van der Waals surface area contributed by atoms with Crippen LogP contribution in [-0.2, 0) is 6.18 Å². The fourth-order valence-corrected chi connectivity index (χ4v) is 2.97. The lowest BCUT2D eigenvalue weighted by atomic mass is 10.1. The Morgan fingerprint density at radius 1 is 1.22 bits per heavy atom. The van der Waals surface area contributed by atoms with E-state index in [1.165, 1.54) is 13.1 Å². The molecule has 2 aromatic rings. The van der Waals surface area contributed by atoms with E-state index < -0.39 is 23.7 Å². The van der Waals surface area contributed by atoms with Gasteiger partial charge in [-0.05, 0) is 37.5 Å². The summed E-state index contributed by atoms with van der Waals surface area (Å²) in [5, 5.41) is 8.82. The van der Waals surface area contributed by atoms with Crippen LogP contribution in [0.25, 0.3) is 0 Å². The first-order valence-corrected chi connectivity index (χ1v) is 8.50. The zero-order chi connectivity index (χ0) is 19.9. The number of carbonyl (C=O) groups excluding carboxylic acids is 2. The van der Waals surface area contributed by atoms with Gasteiger partial charge >= 0.3 is 6.18 Å². The highest BCUT2D eigenvalue weighted by molar-refractivity contribution is 6.31. The van der Waals surface area contributed by atoms with Gasteiger partial charge in [-0.3, -0.25) is 14.3 Å². The van der Waals surface area contributed by atoms with Crippen LogP contribution >= 0.6 is 11.6 Å². The average Bonchev–Trinajstić information content (AvgIpc) is 3.32. The van der Waals surface area contributed by atoms with E-state index in [4.69, 9.17) is 11.6 Å². The Morgan fingerprint density at radius 3 is 2.44 bits per heavy atom. The number of alkyl halides is 3. The predicted octanol–water partition coefficient (Wildman–Crippen LogP) is 3.81.